The van der Waals surface area contributed by atoms with E-state index in [4.69, 9.17) is 0 Å². The second kappa shape index (κ2) is 9.30. The third-order valence-corrected chi connectivity index (χ3v) is 4.67. The van der Waals surface area contributed by atoms with Crippen LogP contribution in [0.1, 0.15) is 39.3 Å². The van der Waals surface area contributed by atoms with Gasteiger partial charge in [0, 0.05) is 32.7 Å². The molecule has 1 unspecified atom stereocenters. The fraction of sp³-hybridized carbons (Fsp3) is 0.650. The number of piperazine rings is 1. The maximum Gasteiger partial charge on any atom is 0.234 e. The second-order valence-corrected chi connectivity index (χ2v) is 7.81. The van der Waals surface area contributed by atoms with Gasteiger partial charge in [-0.2, -0.15) is 0 Å². The highest BCUT2D eigenvalue weighted by molar-refractivity contribution is 5.78. The van der Waals surface area contributed by atoms with E-state index in [0.717, 1.165) is 38.3 Å². The van der Waals surface area contributed by atoms with Gasteiger partial charge < -0.3 is 10.2 Å². The van der Waals surface area contributed by atoms with Gasteiger partial charge in [-0.25, -0.2) is 4.39 Å². The number of benzene rings is 1. The molecule has 1 heterocycles. The van der Waals surface area contributed by atoms with Gasteiger partial charge in [-0.15, -0.1) is 0 Å². The molecule has 1 aromatic rings. The van der Waals surface area contributed by atoms with Crippen molar-refractivity contribution in [2.24, 2.45) is 11.8 Å². The van der Waals surface area contributed by atoms with Gasteiger partial charge in [-0.3, -0.25) is 9.69 Å². The fourth-order valence-corrected chi connectivity index (χ4v) is 3.37. The smallest absolute Gasteiger partial charge is 0.234 e. The highest BCUT2D eigenvalue weighted by Crippen LogP contribution is 2.22. The third-order valence-electron chi connectivity index (χ3n) is 4.67. The highest BCUT2D eigenvalue weighted by atomic mass is 19.1. The van der Waals surface area contributed by atoms with Crippen LogP contribution in [0.25, 0.3) is 0 Å². The quantitative estimate of drug-likeness (QED) is 0.822. The van der Waals surface area contributed by atoms with E-state index < -0.39 is 0 Å². The van der Waals surface area contributed by atoms with Crippen molar-refractivity contribution >= 4 is 5.91 Å². The summed E-state index contributed by atoms with van der Waals surface area (Å²) in [7, 11) is 0. The Morgan fingerprint density at radius 2 is 1.60 bits per heavy atom. The monoisotopic (exact) mass is 349 g/mol. The summed E-state index contributed by atoms with van der Waals surface area (Å²) in [5, 5.41) is 3.13. The zero-order chi connectivity index (χ0) is 18.4. The molecule has 1 N–H and O–H groups in total. The maximum absolute atomic E-state index is 13.1. The molecule has 0 spiro atoms. The second-order valence-electron chi connectivity index (χ2n) is 7.81. The van der Waals surface area contributed by atoms with Gasteiger partial charge in [0.1, 0.15) is 5.82 Å². The Kier molecular flexibility index (Phi) is 7.38. The van der Waals surface area contributed by atoms with Gasteiger partial charge >= 0.3 is 0 Å². The Labute approximate surface area is 151 Å². The number of nitrogens with zero attached hydrogens (tertiary/aromatic N) is 2. The van der Waals surface area contributed by atoms with E-state index in [1.165, 1.54) is 12.1 Å². The molecule has 0 saturated carbocycles. The van der Waals surface area contributed by atoms with Gasteiger partial charge in [0.2, 0.25) is 5.91 Å². The van der Waals surface area contributed by atoms with Crippen molar-refractivity contribution in [2.45, 2.75) is 33.7 Å². The van der Waals surface area contributed by atoms with Crippen molar-refractivity contribution in [1.82, 2.24) is 15.1 Å². The molecule has 1 saturated heterocycles. The summed E-state index contributed by atoms with van der Waals surface area (Å²) in [6.45, 7) is 14.1. The summed E-state index contributed by atoms with van der Waals surface area (Å²) in [5.41, 5.74) is 0.950. The molecule has 25 heavy (non-hydrogen) atoms. The molecule has 2 rings (SSSR count). The van der Waals surface area contributed by atoms with Crippen LogP contribution in [0.3, 0.4) is 0 Å². The molecule has 4 nitrogen and oxygen atoms in total. The molecule has 140 valence electrons. The zero-order valence-corrected chi connectivity index (χ0v) is 16.0. The van der Waals surface area contributed by atoms with E-state index in [9.17, 15) is 9.18 Å². The highest BCUT2D eigenvalue weighted by Gasteiger charge is 2.22. The lowest BCUT2D eigenvalue weighted by molar-refractivity contribution is -0.123. The van der Waals surface area contributed by atoms with Crippen LogP contribution in [0.5, 0.6) is 0 Å². The van der Waals surface area contributed by atoms with Crippen molar-refractivity contribution in [1.29, 1.82) is 0 Å². The van der Waals surface area contributed by atoms with Crippen molar-refractivity contribution in [3.63, 3.8) is 0 Å². The van der Waals surface area contributed by atoms with E-state index in [0.29, 0.717) is 12.5 Å². The molecular weight excluding hydrogens is 317 g/mol. The van der Waals surface area contributed by atoms with E-state index in [2.05, 4.69) is 42.8 Å². The first-order chi connectivity index (χ1) is 11.8. The standard InChI is InChI=1S/C20H32FN3O/c1-15(2)13-23-9-11-24(12-10-23)14-19(25)22-20(16(3)4)17-5-7-18(21)8-6-17/h5-8,15-16,20H,9-14H2,1-4H3,(H,22,25). The fourth-order valence-electron chi connectivity index (χ4n) is 3.37. The van der Waals surface area contributed by atoms with Crippen molar-refractivity contribution < 1.29 is 9.18 Å². The van der Waals surface area contributed by atoms with Crippen molar-refractivity contribution in [2.75, 3.05) is 39.3 Å². The summed E-state index contributed by atoms with van der Waals surface area (Å²) in [4.78, 5) is 17.2. The minimum absolute atomic E-state index is 0.0420. The molecule has 0 aromatic heterocycles. The predicted molar refractivity (Wildman–Crippen MR) is 99.8 cm³/mol. The molecule has 1 atom stereocenters. The molecule has 0 aliphatic carbocycles. The van der Waals surface area contributed by atoms with Crippen molar-refractivity contribution in [3.8, 4) is 0 Å². The molecule has 5 heteroatoms. The summed E-state index contributed by atoms with van der Waals surface area (Å²) in [6, 6.07) is 6.32. The van der Waals surface area contributed by atoms with Crippen molar-refractivity contribution in [3.05, 3.63) is 35.6 Å². The average molecular weight is 349 g/mol. The Bertz CT molecular complexity index is 536. The van der Waals surface area contributed by atoms with Gasteiger partial charge in [0.25, 0.3) is 0 Å². The average Bonchev–Trinajstić information content (AvgIpc) is 2.55. The number of hydrogen-bond donors (Lipinski definition) is 1. The van der Waals surface area contributed by atoms with Crippen LogP contribution in [-0.2, 0) is 4.79 Å². The molecule has 0 radical (unpaired) electrons. The molecule has 1 aliphatic heterocycles. The third kappa shape index (κ3) is 6.40. The Morgan fingerprint density at radius 3 is 2.12 bits per heavy atom. The Hall–Kier alpha value is -1.46. The molecule has 0 bridgehead atoms. The lowest BCUT2D eigenvalue weighted by Crippen LogP contribution is -2.50. The first-order valence-electron chi connectivity index (χ1n) is 9.34. The normalized spacial score (nSPS) is 17.9. The van der Waals surface area contributed by atoms with Crippen LogP contribution in [-0.4, -0.2) is 55.0 Å². The molecule has 1 fully saturated rings. The Morgan fingerprint density at radius 1 is 1.04 bits per heavy atom. The van der Waals surface area contributed by atoms with Gasteiger partial charge in [-0.05, 0) is 29.5 Å². The van der Waals surface area contributed by atoms with Gasteiger partial charge in [-0.1, -0.05) is 39.8 Å². The summed E-state index contributed by atoms with van der Waals surface area (Å²) < 4.78 is 13.1. The topological polar surface area (TPSA) is 35.6 Å². The predicted octanol–water partition coefficient (Wildman–Crippen LogP) is 2.91. The van der Waals surface area contributed by atoms with E-state index in [1.54, 1.807) is 12.1 Å². The summed E-state index contributed by atoms with van der Waals surface area (Å²) in [6.07, 6.45) is 0. The lowest BCUT2D eigenvalue weighted by atomic mass is 9.96. The maximum atomic E-state index is 13.1. The SMILES string of the molecule is CC(C)CN1CCN(CC(=O)NC(c2ccc(F)cc2)C(C)C)CC1. The van der Waals surface area contributed by atoms with E-state index in [1.807, 2.05) is 0 Å². The number of rotatable bonds is 7. The number of carbonyl (C=O) groups is 1. The minimum Gasteiger partial charge on any atom is -0.348 e. The van der Waals surface area contributed by atoms with Crippen LogP contribution in [0.15, 0.2) is 24.3 Å². The van der Waals surface area contributed by atoms with Crippen LogP contribution in [0.4, 0.5) is 4.39 Å². The van der Waals surface area contributed by atoms with E-state index in [-0.39, 0.29) is 23.7 Å². The first-order valence-corrected chi connectivity index (χ1v) is 9.34. The van der Waals surface area contributed by atoms with Gasteiger partial charge in [0.05, 0.1) is 12.6 Å². The number of nitrogens with one attached hydrogen (secondary N) is 1. The summed E-state index contributed by atoms with van der Waals surface area (Å²) >= 11 is 0. The molecular formula is C20H32FN3O. The Balaban J connectivity index is 1.85. The van der Waals surface area contributed by atoms with Gasteiger partial charge in [0.15, 0.2) is 0 Å². The van der Waals surface area contributed by atoms with Crippen LogP contribution >= 0.6 is 0 Å². The number of carbonyl (C=O) groups excluding carboxylic acids is 1. The largest absolute Gasteiger partial charge is 0.348 e. The van der Waals surface area contributed by atoms with Crippen LogP contribution < -0.4 is 5.32 Å². The van der Waals surface area contributed by atoms with Crippen LogP contribution in [0, 0.1) is 17.7 Å². The molecule has 1 aromatic carbocycles. The van der Waals surface area contributed by atoms with E-state index >= 15 is 0 Å². The lowest BCUT2D eigenvalue weighted by Gasteiger charge is -2.35. The number of amides is 1. The van der Waals surface area contributed by atoms with Crippen LogP contribution in [0.2, 0.25) is 0 Å². The molecule has 1 aliphatic rings. The number of halogens is 1. The minimum atomic E-state index is -0.253. The number of hydrogen-bond acceptors (Lipinski definition) is 3. The summed E-state index contributed by atoms with van der Waals surface area (Å²) in [5.74, 6) is 0.715. The first kappa shape index (κ1) is 19.9. The molecule has 1 amide bonds. The zero-order valence-electron chi connectivity index (χ0n) is 16.0.